The maximum Gasteiger partial charge on any atom is 0.0618 e. The van der Waals surface area contributed by atoms with Gasteiger partial charge < -0.3 is 0 Å². The second kappa shape index (κ2) is 5.81. The topological polar surface area (TPSA) is 12.4 Å². The van der Waals surface area contributed by atoms with Crippen molar-refractivity contribution in [2.75, 3.05) is 0 Å². The van der Waals surface area contributed by atoms with Gasteiger partial charge in [0, 0.05) is 6.04 Å². The Hall–Kier alpha value is -0.630. The molecule has 1 atom stereocenters. The highest BCUT2D eigenvalue weighted by atomic mass is 79.9. The van der Waals surface area contributed by atoms with Crippen LogP contribution in [0, 0.1) is 5.41 Å². The van der Waals surface area contributed by atoms with E-state index in [1.807, 2.05) is 6.07 Å². The summed E-state index contributed by atoms with van der Waals surface area (Å²) in [5, 5.41) is 0. The summed E-state index contributed by atoms with van der Waals surface area (Å²) in [6.07, 6.45) is 0. The van der Waals surface area contributed by atoms with Gasteiger partial charge in [-0.2, -0.15) is 0 Å². The van der Waals surface area contributed by atoms with E-state index in [4.69, 9.17) is 4.99 Å². The first-order chi connectivity index (χ1) is 7.82. The number of aliphatic imine (C=N–C) groups is 1. The summed E-state index contributed by atoms with van der Waals surface area (Å²) in [5.41, 5.74) is 2.51. The van der Waals surface area contributed by atoms with Gasteiger partial charge in [0.05, 0.1) is 10.5 Å². The first kappa shape index (κ1) is 14.4. The van der Waals surface area contributed by atoms with E-state index in [0.717, 1.165) is 5.71 Å². The Labute approximate surface area is 113 Å². The van der Waals surface area contributed by atoms with Gasteiger partial charge in [-0.25, -0.2) is 0 Å². The molecule has 1 rings (SSSR count). The molecule has 0 heterocycles. The van der Waals surface area contributed by atoms with Crippen molar-refractivity contribution in [1.82, 2.24) is 0 Å². The number of alkyl halides is 1. The van der Waals surface area contributed by atoms with E-state index in [9.17, 15) is 0 Å². The lowest BCUT2D eigenvalue weighted by atomic mass is 9.87. The smallest absolute Gasteiger partial charge is 0.0618 e. The molecule has 0 aromatic heterocycles. The van der Waals surface area contributed by atoms with Crippen molar-refractivity contribution in [1.29, 1.82) is 0 Å². The molecule has 2 heteroatoms. The third kappa shape index (κ3) is 4.27. The van der Waals surface area contributed by atoms with Crippen molar-refractivity contribution in [2.45, 2.75) is 45.5 Å². The van der Waals surface area contributed by atoms with Crippen LogP contribution in [0.15, 0.2) is 35.3 Å². The molecule has 0 aliphatic heterocycles. The lowest BCUT2D eigenvalue weighted by Gasteiger charge is -2.27. The fourth-order valence-electron chi connectivity index (χ4n) is 1.58. The molecule has 0 saturated heterocycles. The zero-order chi connectivity index (χ0) is 13.1. The van der Waals surface area contributed by atoms with Gasteiger partial charge in [0.2, 0.25) is 0 Å². The highest BCUT2D eigenvalue weighted by Crippen LogP contribution is 2.30. The van der Waals surface area contributed by atoms with Crippen molar-refractivity contribution in [2.24, 2.45) is 10.4 Å². The highest BCUT2D eigenvalue weighted by Gasteiger charge is 2.27. The third-order valence-electron chi connectivity index (χ3n) is 2.47. The second-order valence-corrected chi connectivity index (χ2v) is 6.62. The molecule has 1 aromatic rings. The molecule has 0 aliphatic carbocycles. The fraction of sp³-hybridized carbons (Fsp3) is 0.533. The molecule has 0 amide bonds. The van der Waals surface area contributed by atoms with E-state index in [1.165, 1.54) is 5.56 Å². The van der Waals surface area contributed by atoms with E-state index >= 15 is 0 Å². The molecule has 1 nitrogen and oxygen atoms in total. The van der Waals surface area contributed by atoms with Crippen LogP contribution in [0.3, 0.4) is 0 Å². The van der Waals surface area contributed by atoms with Crippen LogP contribution < -0.4 is 0 Å². The average Bonchev–Trinajstić information content (AvgIpc) is 2.24. The van der Waals surface area contributed by atoms with Gasteiger partial charge in [0.1, 0.15) is 0 Å². The molecule has 0 saturated carbocycles. The van der Waals surface area contributed by atoms with Crippen LogP contribution in [0.25, 0.3) is 0 Å². The van der Waals surface area contributed by atoms with Crippen LogP contribution >= 0.6 is 15.9 Å². The van der Waals surface area contributed by atoms with Crippen LogP contribution in [-0.4, -0.2) is 16.6 Å². The second-order valence-electron chi connectivity index (χ2n) is 5.70. The molecule has 94 valence electrons. The first-order valence-corrected chi connectivity index (χ1v) is 7.01. The van der Waals surface area contributed by atoms with Gasteiger partial charge in [-0.1, -0.05) is 67.0 Å². The summed E-state index contributed by atoms with van der Waals surface area (Å²) in [5.74, 6) is 0. The fourth-order valence-corrected chi connectivity index (χ4v) is 1.97. The van der Waals surface area contributed by atoms with Gasteiger partial charge in [0.25, 0.3) is 0 Å². The molecule has 0 spiro atoms. The number of nitrogens with zero attached hydrogens (tertiary/aromatic N) is 1. The predicted molar refractivity (Wildman–Crippen MR) is 80.3 cm³/mol. The molecule has 0 N–H and O–H groups in total. The van der Waals surface area contributed by atoms with E-state index in [2.05, 4.69) is 74.8 Å². The number of hydrogen-bond acceptors (Lipinski definition) is 1. The standard InChI is InChI=1S/C15H22BrN/c1-11(2)17-13(14(16)15(3,4)5)12-9-7-6-8-10-12/h6-11,14H,1-5H3. The summed E-state index contributed by atoms with van der Waals surface area (Å²) in [6, 6.07) is 10.7. The van der Waals surface area contributed by atoms with E-state index in [1.54, 1.807) is 0 Å². The van der Waals surface area contributed by atoms with Crippen LogP contribution in [0.5, 0.6) is 0 Å². The molecule has 0 radical (unpaired) electrons. The van der Waals surface area contributed by atoms with E-state index < -0.39 is 0 Å². The lowest BCUT2D eigenvalue weighted by molar-refractivity contribution is 0.449. The number of hydrogen-bond donors (Lipinski definition) is 0. The zero-order valence-corrected chi connectivity index (χ0v) is 13.0. The van der Waals surface area contributed by atoms with Crippen molar-refractivity contribution in [3.8, 4) is 0 Å². The van der Waals surface area contributed by atoms with Gasteiger partial charge in [-0.3, -0.25) is 4.99 Å². The Balaban J connectivity index is 3.15. The normalized spacial score (nSPS) is 15.1. The summed E-state index contributed by atoms with van der Waals surface area (Å²) < 4.78 is 0. The Kier molecular flexibility index (Phi) is 4.93. The summed E-state index contributed by atoms with van der Waals surface area (Å²) in [7, 11) is 0. The molecule has 1 aromatic carbocycles. The number of benzene rings is 1. The molecule has 0 aliphatic rings. The number of halogens is 1. The predicted octanol–water partition coefficient (Wildman–Crippen LogP) is 4.69. The molecular weight excluding hydrogens is 274 g/mol. The van der Waals surface area contributed by atoms with Gasteiger partial charge in [-0.15, -0.1) is 0 Å². The lowest BCUT2D eigenvalue weighted by Crippen LogP contribution is -2.30. The molecule has 1 unspecified atom stereocenters. The summed E-state index contributed by atoms with van der Waals surface area (Å²) in [6.45, 7) is 10.9. The largest absolute Gasteiger partial charge is 0.285 e. The van der Waals surface area contributed by atoms with Crippen LogP contribution in [0.2, 0.25) is 0 Å². The van der Waals surface area contributed by atoms with Crippen molar-refractivity contribution in [3.63, 3.8) is 0 Å². The summed E-state index contributed by atoms with van der Waals surface area (Å²) >= 11 is 3.80. The number of rotatable bonds is 3. The third-order valence-corrected chi connectivity index (χ3v) is 4.27. The molecule has 0 fully saturated rings. The average molecular weight is 296 g/mol. The maximum atomic E-state index is 4.78. The zero-order valence-electron chi connectivity index (χ0n) is 11.4. The molecular formula is C15H22BrN. The Bertz CT molecular complexity index is 374. The van der Waals surface area contributed by atoms with Crippen LogP contribution in [-0.2, 0) is 0 Å². The van der Waals surface area contributed by atoms with Gasteiger partial charge in [0.15, 0.2) is 0 Å². The quantitative estimate of drug-likeness (QED) is 0.566. The van der Waals surface area contributed by atoms with E-state index in [0.29, 0.717) is 6.04 Å². The van der Waals surface area contributed by atoms with Gasteiger partial charge in [-0.05, 0) is 24.8 Å². The van der Waals surface area contributed by atoms with Crippen molar-refractivity contribution < 1.29 is 0 Å². The highest BCUT2D eigenvalue weighted by molar-refractivity contribution is 9.10. The van der Waals surface area contributed by atoms with Gasteiger partial charge >= 0.3 is 0 Å². The minimum Gasteiger partial charge on any atom is -0.285 e. The van der Waals surface area contributed by atoms with E-state index in [-0.39, 0.29) is 10.2 Å². The SMILES string of the molecule is CC(C)N=C(c1ccccc1)C(Br)C(C)(C)C. The minimum absolute atomic E-state index is 0.156. The summed E-state index contributed by atoms with van der Waals surface area (Å²) in [4.78, 5) is 5.05. The molecule has 0 bridgehead atoms. The van der Waals surface area contributed by atoms with Crippen LogP contribution in [0.4, 0.5) is 0 Å². The minimum atomic E-state index is 0.156. The Morgan fingerprint density at radius 3 is 2.06 bits per heavy atom. The van der Waals surface area contributed by atoms with Crippen molar-refractivity contribution >= 4 is 21.6 Å². The van der Waals surface area contributed by atoms with Crippen LogP contribution in [0.1, 0.15) is 40.2 Å². The molecule has 17 heavy (non-hydrogen) atoms. The first-order valence-electron chi connectivity index (χ1n) is 6.09. The Morgan fingerprint density at radius 2 is 1.65 bits per heavy atom. The van der Waals surface area contributed by atoms with Crippen molar-refractivity contribution in [3.05, 3.63) is 35.9 Å². The monoisotopic (exact) mass is 295 g/mol. The maximum absolute atomic E-state index is 4.78. The Morgan fingerprint density at radius 1 is 1.12 bits per heavy atom.